The minimum Gasteiger partial charge on any atom is -0.361 e. The van der Waals surface area contributed by atoms with Crippen molar-refractivity contribution in [2.24, 2.45) is 0 Å². The number of halogens is 1. The first kappa shape index (κ1) is 15.2. The average Bonchev–Trinajstić information content (AvgIpc) is 2.90. The summed E-state index contributed by atoms with van der Waals surface area (Å²) >= 11 is 0. The van der Waals surface area contributed by atoms with Crippen LogP contribution in [0.15, 0.2) is 30.5 Å². The van der Waals surface area contributed by atoms with Crippen LogP contribution in [-0.4, -0.2) is 49.2 Å². The first-order chi connectivity index (χ1) is 10.4. The van der Waals surface area contributed by atoms with Crippen LogP contribution < -0.4 is 0 Å². The van der Waals surface area contributed by atoms with Crippen molar-refractivity contribution in [2.45, 2.75) is 6.42 Å². The van der Waals surface area contributed by atoms with Gasteiger partial charge in [0.2, 0.25) is 0 Å². The van der Waals surface area contributed by atoms with Gasteiger partial charge in [-0.1, -0.05) is 6.08 Å². The Kier molecular flexibility index (Phi) is 3.80. The maximum absolute atomic E-state index is 13.4. The zero-order valence-electron chi connectivity index (χ0n) is 12.5. The Balaban J connectivity index is 1.91. The highest BCUT2D eigenvalue weighted by atomic mass is 32.2. The van der Waals surface area contributed by atoms with Crippen LogP contribution in [0.5, 0.6) is 0 Å². The molecule has 1 N–H and O–H groups in total. The molecule has 0 unspecified atom stereocenters. The van der Waals surface area contributed by atoms with Gasteiger partial charge in [-0.25, -0.2) is 4.39 Å². The Morgan fingerprint density at radius 3 is 2.73 bits per heavy atom. The average molecular weight is 323 g/mol. The Hall–Kier alpha value is -1.70. The lowest BCUT2D eigenvalue weighted by molar-refractivity contribution is 0.397. The molecule has 1 aromatic heterocycles. The fourth-order valence-electron chi connectivity index (χ4n) is 2.69. The number of hydrogen-bond donors (Lipinski definition) is 1. The smallest absolute Gasteiger partial charge is 0.281 e. The van der Waals surface area contributed by atoms with Gasteiger partial charge in [0, 0.05) is 49.8 Å². The van der Waals surface area contributed by atoms with E-state index in [0.29, 0.717) is 19.5 Å². The van der Waals surface area contributed by atoms with Gasteiger partial charge in [-0.15, -0.1) is 0 Å². The van der Waals surface area contributed by atoms with Crippen molar-refractivity contribution in [3.63, 3.8) is 0 Å². The van der Waals surface area contributed by atoms with Crippen molar-refractivity contribution >= 4 is 26.7 Å². The van der Waals surface area contributed by atoms with Gasteiger partial charge in [0.25, 0.3) is 10.2 Å². The number of rotatable bonds is 3. The van der Waals surface area contributed by atoms with E-state index in [2.05, 4.69) is 4.98 Å². The molecule has 2 heterocycles. The predicted octanol–water partition coefficient (Wildman–Crippen LogP) is 2.20. The van der Waals surface area contributed by atoms with E-state index in [1.807, 2.05) is 12.3 Å². The third-order valence-electron chi connectivity index (χ3n) is 3.95. The topological polar surface area (TPSA) is 56.4 Å². The first-order valence-electron chi connectivity index (χ1n) is 7.03. The SMILES string of the molecule is CN(C)S(=O)(=O)N1CC=C(c2c[nH]c3ccc(F)cc23)CC1. The molecule has 0 saturated carbocycles. The first-order valence-corrected chi connectivity index (χ1v) is 8.43. The number of aromatic nitrogens is 1. The Bertz CT molecular complexity index is 840. The van der Waals surface area contributed by atoms with Gasteiger partial charge in [0.1, 0.15) is 5.82 Å². The van der Waals surface area contributed by atoms with Crippen LogP contribution in [0.3, 0.4) is 0 Å². The number of nitrogens with zero attached hydrogens (tertiary/aromatic N) is 2. The van der Waals surface area contributed by atoms with Gasteiger partial charge in [0.15, 0.2) is 0 Å². The van der Waals surface area contributed by atoms with Gasteiger partial charge in [0.05, 0.1) is 0 Å². The third kappa shape index (κ3) is 2.55. The summed E-state index contributed by atoms with van der Waals surface area (Å²) < 4.78 is 40.3. The predicted molar refractivity (Wildman–Crippen MR) is 85.0 cm³/mol. The van der Waals surface area contributed by atoms with E-state index in [-0.39, 0.29) is 5.82 Å². The highest BCUT2D eigenvalue weighted by Gasteiger charge is 2.26. The molecule has 0 aliphatic carbocycles. The molecule has 118 valence electrons. The molecule has 1 aliphatic heterocycles. The van der Waals surface area contributed by atoms with E-state index in [1.54, 1.807) is 6.07 Å². The second kappa shape index (κ2) is 5.49. The summed E-state index contributed by atoms with van der Waals surface area (Å²) in [5.41, 5.74) is 2.86. The molecule has 0 bridgehead atoms. The van der Waals surface area contributed by atoms with E-state index in [4.69, 9.17) is 0 Å². The lowest BCUT2D eigenvalue weighted by Crippen LogP contribution is -2.42. The van der Waals surface area contributed by atoms with Crippen LogP contribution in [0.4, 0.5) is 4.39 Å². The fourth-order valence-corrected chi connectivity index (χ4v) is 3.74. The molecule has 0 radical (unpaired) electrons. The van der Waals surface area contributed by atoms with E-state index < -0.39 is 10.2 Å². The summed E-state index contributed by atoms with van der Waals surface area (Å²) in [4.78, 5) is 3.12. The highest BCUT2D eigenvalue weighted by molar-refractivity contribution is 7.86. The van der Waals surface area contributed by atoms with Crippen LogP contribution in [0.25, 0.3) is 16.5 Å². The van der Waals surface area contributed by atoms with Crippen molar-refractivity contribution in [1.82, 2.24) is 13.6 Å². The number of H-pyrrole nitrogens is 1. The fraction of sp³-hybridized carbons (Fsp3) is 0.333. The molecule has 0 spiro atoms. The van der Waals surface area contributed by atoms with Crippen molar-refractivity contribution in [1.29, 1.82) is 0 Å². The standard InChI is InChI=1S/C15H18FN3O2S/c1-18(2)22(20,21)19-7-5-11(6-8-19)14-10-17-15-4-3-12(16)9-13(14)15/h3-5,9-10,17H,6-8H2,1-2H3. The number of aromatic amines is 1. The summed E-state index contributed by atoms with van der Waals surface area (Å²) in [6.45, 7) is 0.756. The molecule has 7 heteroatoms. The minimum absolute atomic E-state index is 0.276. The van der Waals surface area contributed by atoms with E-state index in [1.165, 1.54) is 34.8 Å². The van der Waals surface area contributed by atoms with E-state index in [9.17, 15) is 12.8 Å². The molecule has 0 atom stereocenters. The maximum atomic E-state index is 13.4. The number of hydrogen-bond acceptors (Lipinski definition) is 2. The normalized spacial score (nSPS) is 17.2. The zero-order valence-corrected chi connectivity index (χ0v) is 13.3. The Morgan fingerprint density at radius 1 is 1.32 bits per heavy atom. The van der Waals surface area contributed by atoms with Crippen molar-refractivity contribution in [3.05, 3.63) is 41.9 Å². The molecule has 0 amide bonds. The molecule has 5 nitrogen and oxygen atoms in total. The molecule has 1 aliphatic rings. The molecule has 1 aromatic carbocycles. The van der Waals surface area contributed by atoms with Crippen LogP contribution >= 0.6 is 0 Å². The van der Waals surface area contributed by atoms with Gasteiger partial charge in [-0.05, 0) is 30.2 Å². The summed E-state index contributed by atoms with van der Waals surface area (Å²) in [7, 11) is -0.338. The van der Waals surface area contributed by atoms with Gasteiger partial charge in [-0.3, -0.25) is 0 Å². The third-order valence-corrected chi connectivity index (χ3v) is 5.86. The second-order valence-electron chi connectivity index (χ2n) is 5.52. The van der Waals surface area contributed by atoms with Gasteiger partial charge in [-0.2, -0.15) is 17.0 Å². The Labute approximate surface area is 129 Å². The van der Waals surface area contributed by atoms with Crippen LogP contribution in [0.1, 0.15) is 12.0 Å². The molecule has 3 rings (SSSR count). The molecule has 2 aromatic rings. The molecular weight excluding hydrogens is 305 g/mol. The summed E-state index contributed by atoms with van der Waals surface area (Å²) in [5, 5.41) is 0.829. The second-order valence-corrected chi connectivity index (χ2v) is 7.66. The number of benzene rings is 1. The number of fused-ring (bicyclic) bond motifs is 1. The summed E-state index contributed by atoms with van der Waals surface area (Å²) in [5.74, 6) is -0.276. The lowest BCUT2D eigenvalue weighted by Gasteiger charge is -2.28. The molecular formula is C15H18FN3O2S. The van der Waals surface area contributed by atoms with Crippen LogP contribution in [0.2, 0.25) is 0 Å². The largest absolute Gasteiger partial charge is 0.361 e. The van der Waals surface area contributed by atoms with Crippen molar-refractivity contribution in [2.75, 3.05) is 27.2 Å². The Morgan fingerprint density at radius 2 is 2.09 bits per heavy atom. The molecule has 22 heavy (non-hydrogen) atoms. The van der Waals surface area contributed by atoms with Gasteiger partial charge < -0.3 is 4.98 Å². The van der Waals surface area contributed by atoms with Crippen molar-refractivity contribution < 1.29 is 12.8 Å². The quantitative estimate of drug-likeness (QED) is 0.941. The number of nitrogens with one attached hydrogen (secondary N) is 1. The summed E-state index contributed by atoms with van der Waals surface area (Å²) in [6.07, 6.45) is 4.36. The zero-order chi connectivity index (χ0) is 15.9. The van der Waals surface area contributed by atoms with Crippen LogP contribution in [0, 0.1) is 5.82 Å². The molecule has 0 fully saturated rings. The summed E-state index contributed by atoms with van der Waals surface area (Å²) in [6, 6.07) is 4.63. The van der Waals surface area contributed by atoms with E-state index >= 15 is 0 Å². The maximum Gasteiger partial charge on any atom is 0.281 e. The minimum atomic E-state index is -3.39. The lowest BCUT2D eigenvalue weighted by atomic mass is 10.00. The monoisotopic (exact) mass is 323 g/mol. The molecule has 0 saturated heterocycles. The van der Waals surface area contributed by atoms with Crippen LogP contribution in [-0.2, 0) is 10.2 Å². The van der Waals surface area contributed by atoms with Gasteiger partial charge >= 0.3 is 0 Å². The van der Waals surface area contributed by atoms with Crippen molar-refractivity contribution in [3.8, 4) is 0 Å². The van der Waals surface area contributed by atoms with E-state index in [0.717, 1.165) is 22.0 Å². The highest BCUT2D eigenvalue weighted by Crippen LogP contribution is 2.30.